The Labute approximate surface area is 250 Å². The number of ether oxygens (including phenoxy) is 2. The minimum atomic E-state index is -3.18. The van der Waals surface area contributed by atoms with Gasteiger partial charge in [0.2, 0.25) is 5.91 Å². The van der Waals surface area contributed by atoms with Crippen molar-refractivity contribution < 1.29 is 22.7 Å². The lowest BCUT2D eigenvalue weighted by Gasteiger charge is -2.44. The highest BCUT2D eigenvalue weighted by Gasteiger charge is 2.42. The smallest absolute Gasteiger partial charge is 0.226 e. The van der Waals surface area contributed by atoms with Crippen molar-refractivity contribution in [2.45, 2.75) is 95.9 Å². The normalized spacial score (nSPS) is 23.6. The number of hydrogen-bond donors (Lipinski definition) is 0. The Hall–Kier alpha value is -1.64. The lowest BCUT2D eigenvalue weighted by atomic mass is 9.83. The van der Waals surface area contributed by atoms with Crippen LogP contribution >= 0.6 is 23.2 Å². The number of nitrogens with zero attached hydrogens (tertiary/aromatic N) is 1. The van der Waals surface area contributed by atoms with Crippen LogP contribution in [0.5, 0.6) is 0 Å². The number of piperidine rings is 1. The lowest BCUT2D eigenvalue weighted by Crippen LogP contribution is -2.50. The molecule has 2 aliphatic rings. The molecule has 0 bridgehead atoms. The lowest BCUT2D eigenvalue weighted by molar-refractivity contribution is -0.153. The quantitative estimate of drug-likeness (QED) is 0.293. The number of amides is 1. The van der Waals surface area contributed by atoms with E-state index in [1.807, 2.05) is 80.3 Å². The topological polar surface area (TPSA) is 72.9 Å². The zero-order valence-electron chi connectivity index (χ0n) is 24.2. The number of hydrogen-bond acceptors (Lipinski definition) is 5. The number of halogens is 2. The molecule has 40 heavy (non-hydrogen) atoms. The van der Waals surface area contributed by atoms with Crippen LogP contribution in [0.1, 0.15) is 78.3 Å². The van der Waals surface area contributed by atoms with Gasteiger partial charge in [-0.15, -0.1) is 0 Å². The Bertz CT molecular complexity index is 1190. The average Bonchev–Trinajstić information content (AvgIpc) is 3.25. The average molecular weight is 613 g/mol. The zero-order valence-corrected chi connectivity index (χ0v) is 26.5. The van der Waals surface area contributed by atoms with Crippen LogP contribution < -0.4 is 0 Å². The van der Waals surface area contributed by atoms with Gasteiger partial charge in [-0.25, -0.2) is 8.42 Å². The van der Waals surface area contributed by atoms with E-state index >= 15 is 0 Å². The second-order valence-corrected chi connectivity index (χ2v) is 14.9. The third-order valence-electron chi connectivity index (χ3n) is 7.65. The van der Waals surface area contributed by atoms with Gasteiger partial charge in [-0.3, -0.25) is 4.79 Å². The molecule has 9 heteroatoms. The molecule has 0 radical (unpaired) electrons. The highest BCUT2D eigenvalue weighted by atomic mass is 35.5. The molecule has 4 atom stereocenters. The van der Waals surface area contributed by atoms with Crippen molar-refractivity contribution in [3.05, 3.63) is 70.2 Å². The molecule has 0 spiro atoms. The summed E-state index contributed by atoms with van der Waals surface area (Å²) in [7, 11) is -3.18. The van der Waals surface area contributed by atoms with Crippen LogP contribution in [0, 0.1) is 5.92 Å². The van der Waals surface area contributed by atoms with Gasteiger partial charge in [0.15, 0.2) is 15.6 Å². The van der Waals surface area contributed by atoms with Gasteiger partial charge in [0.25, 0.3) is 0 Å². The number of benzene rings is 2. The van der Waals surface area contributed by atoms with Gasteiger partial charge in [-0.05, 0) is 89.6 Å². The van der Waals surface area contributed by atoms with Gasteiger partial charge in [-0.1, -0.05) is 60.5 Å². The highest BCUT2D eigenvalue weighted by Crippen LogP contribution is 2.40. The standard InChI is InChI=1S/C25H38ClNO5S.C6H5Cl/c1-6-21(13-14-33(29,30)17(2)3)27-23(18-7-10-20(26)11-8-18)12-9-19(24(27)28)15-22-16-31-25(4,5)32-22;7-6-4-2-1-3-5-6/h7-8,10-11,17,19,21-23H,6,9,12-16H2,1-5H3;1-5H/t19?,21?,22?,23-;/m0./s1. The molecule has 0 saturated carbocycles. The maximum absolute atomic E-state index is 13.8. The number of rotatable bonds is 9. The number of sulfone groups is 1. The van der Waals surface area contributed by atoms with Crippen LogP contribution in [0.25, 0.3) is 0 Å². The molecule has 2 aromatic rings. The van der Waals surface area contributed by atoms with Crippen molar-refractivity contribution in [3.8, 4) is 0 Å². The molecule has 4 rings (SSSR count). The van der Waals surface area contributed by atoms with E-state index in [-0.39, 0.29) is 35.8 Å². The van der Waals surface area contributed by atoms with Crippen LogP contribution in [-0.2, 0) is 24.1 Å². The predicted octanol–water partition coefficient (Wildman–Crippen LogP) is 7.49. The second kappa shape index (κ2) is 14.5. The van der Waals surface area contributed by atoms with Crippen LogP contribution in [-0.4, -0.2) is 54.8 Å². The minimum absolute atomic E-state index is 0.0821. The number of likely N-dealkylation sites (tertiary alicyclic amines) is 1. The van der Waals surface area contributed by atoms with Crippen molar-refractivity contribution in [2.75, 3.05) is 12.4 Å². The summed E-state index contributed by atoms with van der Waals surface area (Å²) in [6.45, 7) is 9.71. The highest BCUT2D eigenvalue weighted by molar-refractivity contribution is 7.91. The summed E-state index contributed by atoms with van der Waals surface area (Å²) in [4.78, 5) is 15.8. The Morgan fingerprint density at radius 1 is 1.00 bits per heavy atom. The molecular weight excluding hydrogens is 569 g/mol. The third-order valence-corrected chi connectivity index (χ3v) is 10.4. The maximum Gasteiger partial charge on any atom is 0.226 e. The predicted molar refractivity (Wildman–Crippen MR) is 162 cm³/mol. The van der Waals surface area contributed by atoms with E-state index in [0.717, 1.165) is 23.4 Å². The third kappa shape index (κ3) is 9.18. The molecule has 2 heterocycles. The van der Waals surface area contributed by atoms with Gasteiger partial charge < -0.3 is 14.4 Å². The largest absolute Gasteiger partial charge is 0.348 e. The van der Waals surface area contributed by atoms with Crippen molar-refractivity contribution in [1.82, 2.24) is 4.90 Å². The fourth-order valence-corrected chi connectivity index (χ4v) is 6.68. The molecule has 3 unspecified atom stereocenters. The van der Waals surface area contributed by atoms with E-state index in [4.69, 9.17) is 32.7 Å². The first-order valence-electron chi connectivity index (χ1n) is 14.1. The van der Waals surface area contributed by atoms with E-state index in [1.165, 1.54) is 0 Å². The van der Waals surface area contributed by atoms with Gasteiger partial charge in [0.05, 0.1) is 29.8 Å². The number of carbonyl (C=O) groups excluding carboxylic acids is 1. The minimum Gasteiger partial charge on any atom is -0.348 e. The SMILES string of the molecule is CCC(CCS(=O)(=O)C(C)C)N1C(=O)C(CC2COC(C)(C)O2)CC[C@H]1c1ccc(Cl)cc1.Clc1ccccc1. The van der Waals surface area contributed by atoms with Gasteiger partial charge >= 0.3 is 0 Å². The van der Waals surface area contributed by atoms with Gasteiger partial charge in [-0.2, -0.15) is 0 Å². The number of carbonyl (C=O) groups is 1. The summed E-state index contributed by atoms with van der Waals surface area (Å²) < 4.78 is 36.7. The Kier molecular flexibility index (Phi) is 11.9. The zero-order chi connectivity index (χ0) is 29.5. The monoisotopic (exact) mass is 611 g/mol. The summed E-state index contributed by atoms with van der Waals surface area (Å²) in [6.07, 6.45) is 3.24. The van der Waals surface area contributed by atoms with E-state index in [9.17, 15) is 13.2 Å². The molecule has 2 aliphatic heterocycles. The molecule has 1 amide bonds. The van der Waals surface area contributed by atoms with Crippen LogP contribution in [0.15, 0.2) is 54.6 Å². The molecule has 2 fully saturated rings. The molecule has 0 aliphatic carbocycles. The molecule has 222 valence electrons. The molecule has 6 nitrogen and oxygen atoms in total. The maximum atomic E-state index is 13.8. The van der Waals surface area contributed by atoms with E-state index in [1.54, 1.807) is 13.8 Å². The van der Waals surface area contributed by atoms with Gasteiger partial charge in [0.1, 0.15) is 0 Å². The first kappa shape index (κ1) is 32.9. The van der Waals surface area contributed by atoms with Gasteiger partial charge in [0, 0.05) is 22.0 Å². The summed E-state index contributed by atoms with van der Waals surface area (Å²) >= 11 is 11.6. The summed E-state index contributed by atoms with van der Waals surface area (Å²) in [5.74, 6) is -0.612. The Morgan fingerprint density at radius 2 is 1.62 bits per heavy atom. The summed E-state index contributed by atoms with van der Waals surface area (Å²) in [5.41, 5.74) is 1.04. The van der Waals surface area contributed by atoms with E-state index < -0.39 is 20.9 Å². The first-order valence-corrected chi connectivity index (χ1v) is 16.6. The van der Waals surface area contributed by atoms with E-state index in [0.29, 0.717) is 30.9 Å². The van der Waals surface area contributed by atoms with Crippen LogP contribution in [0.4, 0.5) is 0 Å². The fraction of sp³-hybridized carbons (Fsp3) is 0.581. The Morgan fingerprint density at radius 3 is 2.12 bits per heavy atom. The first-order chi connectivity index (χ1) is 18.8. The van der Waals surface area contributed by atoms with Crippen molar-refractivity contribution in [1.29, 1.82) is 0 Å². The van der Waals surface area contributed by atoms with E-state index in [2.05, 4.69) is 0 Å². The second-order valence-electron chi connectivity index (χ2n) is 11.3. The molecule has 2 aromatic carbocycles. The summed E-state index contributed by atoms with van der Waals surface area (Å²) in [5, 5.41) is 1.03. The molecular formula is C31H43Cl2NO5S. The van der Waals surface area contributed by atoms with Crippen LogP contribution in [0.2, 0.25) is 10.0 Å². The van der Waals surface area contributed by atoms with Crippen molar-refractivity contribution >= 4 is 38.9 Å². The van der Waals surface area contributed by atoms with Crippen molar-refractivity contribution in [3.63, 3.8) is 0 Å². The Balaban J connectivity index is 0.000000547. The molecule has 0 N–H and O–H groups in total. The summed E-state index contributed by atoms with van der Waals surface area (Å²) in [6, 6.07) is 16.9. The molecule has 0 aromatic heterocycles. The molecule has 2 saturated heterocycles. The van der Waals surface area contributed by atoms with Crippen molar-refractivity contribution in [2.24, 2.45) is 5.92 Å². The van der Waals surface area contributed by atoms with Crippen LogP contribution in [0.3, 0.4) is 0 Å². The fourth-order valence-electron chi connectivity index (χ4n) is 5.34.